The van der Waals surface area contributed by atoms with Crippen LogP contribution in [0.15, 0.2) is 24.3 Å². The van der Waals surface area contributed by atoms with Crippen LogP contribution in [0.2, 0.25) is 0 Å². The van der Waals surface area contributed by atoms with Gasteiger partial charge in [0.1, 0.15) is 0 Å². The molecular formula is C17H26N2. The van der Waals surface area contributed by atoms with Gasteiger partial charge in [-0.3, -0.25) is 0 Å². The number of nitrogens with two attached hydrogens (primary N) is 1. The molecule has 1 aliphatic heterocycles. The predicted molar refractivity (Wildman–Crippen MR) is 81.2 cm³/mol. The summed E-state index contributed by atoms with van der Waals surface area (Å²) in [5, 5.41) is 0. The van der Waals surface area contributed by atoms with Crippen molar-refractivity contribution in [2.24, 2.45) is 5.92 Å². The van der Waals surface area contributed by atoms with E-state index in [4.69, 9.17) is 5.73 Å². The van der Waals surface area contributed by atoms with Crippen molar-refractivity contribution in [3.8, 4) is 0 Å². The Morgan fingerprint density at radius 2 is 1.89 bits per heavy atom. The van der Waals surface area contributed by atoms with Crippen LogP contribution in [0.25, 0.3) is 0 Å². The molecule has 19 heavy (non-hydrogen) atoms. The standard InChI is InChI=1S/C17H26N2/c1-14-3-2-11-19(12-8-14)13-17(9-10-17)15-4-6-16(18)7-5-15/h4-7,14H,2-3,8-13,18H2,1H3. The average Bonchev–Trinajstić information content (AvgIpc) is 3.19. The van der Waals surface area contributed by atoms with E-state index in [0.717, 1.165) is 11.6 Å². The third kappa shape index (κ3) is 2.94. The Bertz CT molecular complexity index is 419. The molecule has 0 radical (unpaired) electrons. The molecule has 1 saturated carbocycles. The summed E-state index contributed by atoms with van der Waals surface area (Å²) in [7, 11) is 0. The Balaban J connectivity index is 1.66. The summed E-state index contributed by atoms with van der Waals surface area (Å²) >= 11 is 0. The molecule has 1 aromatic carbocycles. The first-order valence-corrected chi connectivity index (χ1v) is 7.76. The fourth-order valence-electron chi connectivity index (χ4n) is 3.43. The van der Waals surface area contributed by atoms with Gasteiger partial charge < -0.3 is 10.6 Å². The fourth-order valence-corrected chi connectivity index (χ4v) is 3.43. The molecule has 1 unspecified atom stereocenters. The van der Waals surface area contributed by atoms with Crippen molar-refractivity contribution < 1.29 is 0 Å². The molecule has 0 aromatic heterocycles. The molecular weight excluding hydrogens is 232 g/mol. The van der Waals surface area contributed by atoms with Crippen molar-refractivity contribution in [1.82, 2.24) is 4.90 Å². The summed E-state index contributed by atoms with van der Waals surface area (Å²) in [6.45, 7) is 6.24. The highest BCUT2D eigenvalue weighted by Gasteiger charge is 2.45. The molecule has 0 spiro atoms. The predicted octanol–water partition coefficient (Wildman–Crippen LogP) is 3.42. The zero-order valence-electron chi connectivity index (χ0n) is 12.1. The maximum absolute atomic E-state index is 5.80. The number of rotatable bonds is 3. The minimum Gasteiger partial charge on any atom is -0.399 e. The summed E-state index contributed by atoms with van der Waals surface area (Å²) in [4.78, 5) is 2.70. The van der Waals surface area contributed by atoms with E-state index in [1.807, 2.05) is 0 Å². The highest BCUT2D eigenvalue weighted by Crippen LogP contribution is 2.49. The highest BCUT2D eigenvalue weighted by molar-refractivity contribution is 5.43. The van der Waals surface area contributed by atoms with Crippen molar-refractivity contribution in [1.29, 1.82) is 0 Å². The average molecular weight is 258 g/mol. The molecule has 1 heterocycles. The first kappa shape index (κ1) is 13.0. The molecule has 2 nitrogen and oxygen atoms in total. The SMILES string of the molecule is CC1CCCN(CC2(c3ccc(N)cc3)CC2)CC1. The number of hydrogen-bond acceptors (Lipinski definition) is 2. The van der Waals surface area contributed by atoms with Crippen LogP contribution in [0.4, 0.5) is 5.69 Å². The van der Waals surface area contributed by atoms with Crippen molar-refractivity contribution in [3.05, 3.63) is 29.8 Å². The zero-order chi connectivity index (χ0) is 13.3. The van der Waals surface area contributed by atoms with Gasteiger partial charge in [0.2, 0.25) is 0 Å². The maximum Gasteiger partial charge on any atom is 0.0314 e. The van der Waals surface area contributed by atoms with Crippen LogP contribution < -0.4 is 5.73 Å². The Kier molecular flexibility index (Phi) is 3.53. The van der Waals surface area contributed by atoms with Crippen molar-refractivity contribution >= 4 is 5.69 Å². The van der Waals surface area contributed by atoms with Crippen molar-refractivity contribution in [2.75, 3.05) is 25.4 Å². The first-order valence-electron chi connectivity index (χ1n) is 7.76. The van der Waals surface area contributed by atoms with Crippen LogP contribution in [0.1, 0.15) is 44.6 Å². The largest absolute Gasteiger partial charge is 0.399 e. The van der Waals surface area contributed by atoms with Gasteiger partial charge in [0, 0.05) is 17.6 Å². The summed E-state index contributed by atoms with van der Waals surface area (Å²) in [5.41, 5.74) is 8.62. The molecule has 0 amide bonds. The second kappa shape index (κ2) is 5.16. The minimum atomic E-state index is 0.446. The van der Waals surface area contributed by atoms with E-state index < -0.39 is 0 Å². The van der Waals surface area contributed by atoms with Crippen LogP contribution in [0, 0.1) is 5.92 Å². The Morgan fingerprint density at radius 3 is 2.58 bits per heavy atom. The number of nitrogens with zero attached hydrogens (tertiary/aromatic N) is 1. The summed E-state index contributed by atoms with van der Waals surface area (Å²) in [6, 6.07) is 8.59. The van der Waals surface area contributed by atoms with Crippen LogP contribution in [0.5, 0.6) is 0 Å². The number of benzene rings is 1. The Morgan fingerprint density at radius 1 is 1.16 bits per heavy atom. The van der Waals surface area contributed by atoms with E-state index in [1.54, 1.807) is 0 Å². The van der Waals surface area contributed by atoms with E-state index >= 15 is 0 Å². The Labute approximate surface area is 117 Å². The lowest BCUT2D eigenvalue weighted by Gasteiger charge is -2.26. The normalized spacial score (nSPS) is 26.9. The van der Waals surface area contributed by atoms with E-state index in [2.05, 4.69) is 36.1 Å². The van der Waals surface area contributed by atoms with Gasteiger partial charge in [-0.2, -0.15) is 0 Å². The van der Waals surface area contributed by atoms with Gasteiger partial charge in [-0.15, -0.1) is 0 Å². The second-order valence-electron chi connectivity index (χ2n) is 6.71. The molecule has 104 valence electrons. The number of nitrogen functional groups attached to an aromatic ring is 1. The summed E-state index contributed by atoms with van der Waals surface area (Å²) < 4.78 is 0. The van der Waals surface area contributed by atoms with Crippen molar-refractivity contribution in [2.45, 2.75) is 44.4 Å². The smallest absolute Gasteiger partial charge is 0.0314 e. The van der Waals surface area contributed by atoms with Gasteiger partial charge in [-0.05, 0) is 68.8 Å². The topological polar surface area (TPSA) is 29.3 Å². The summed E-state index contributed by atoms with van der Waals surface area (Å²) in [5.74, 6) is 0.914. The third-order valence-corrected chi connectivity index (χ3v) is 5.01. The molecule has 2 fully saturated rings. The fraction of sp³-hybridized carbons (Fsp3) is 0.647. The lowest BCUT2D eigenvalue weighted by atomic mass is 9.95. The molecule has 2 N–H and O–H groups in total. The van der Waals surface area contributed by atoms with Crippen LogP contribution in [0.3, 0.4) is 0 Å². The molecule has 1 aliphatic carbocycles. The lowest BCUT2D eigenvalue weighted by Crippen LogP contribution is -2.33. The monoisotopic (exact) mass is 258 g/mol. The van der Waals surface area contributed by atoms with Gasteiger partial charge in [-0.25, -0.2) is 0 Å². The van der Waals surface area contributed by atoms with Gasteiger partial charge in [0.05, 0.1) is 0 Å². The first-order chi connectivity index (χ1) is 9.18. The molecule has 0 bridgehead atoms. The van der Waals surface area contributed by atoms with Crippen LogP contribution in [-0.2, 0) is 5.41 Å². The van der Waals surface area contributed by atoms with E-state index in [0.29, 0.717) is 5.41 Å². The molecule has 1 aromatic rings. The van der Waals surface area contributed by atoms with E-state index in [9.17, 15) is 0 Å². The second-order valence-corrected chi connectivity index (χ2v) is 6.71. The molecule has 1 saturated heterocycles. The van der Waals surface area contributed by atoms with Gasteiger partial charge in [-0.1, -0.05) is 19.1 Å². The zero-order valence-corrected chi connectivity index (χ0v) is 12.1. The van der Waals surface area contributed by atoms with E-state index in [-0.39, 0.29) is 0 Å². The van der Waals surface area contributed by atoms with Gasteiger partial charge >= 0.3 is 0 Å². The molecule has 2 aliphatic rings. The van der Waals surface area contributed by atoms with Crippen LogP contribution >= 0.6 is 0 Å². The number of hydrogen-bond donors (Lipinski definition) is 1. The molecule has 1 atom stereocenters. The number of likely N-dealkylation sites (tertiary alicyclic amines) is 1. The maximum atomic E-state index is 5.80. The highest BCUT2D eigenvalue weighted by atomic mass is 15.1. The number of anilines is 1. The molecule has 3 rings (SSSR count). The minimum absolute atomic E-state index is 0.446. The van der Waals surface area contributed by atoms with E-state index in [1.165, 1.54) is 57.3 Å². The molecule has 2 heteroatoms. The van der Waals surface area contributed by atoms with Crippen molar-refractivity contribution in [3.63, 3.8) is 0 Å². The van der Waals surface area contributed by atoms with Gasteiger partial charge in [0.25, 0.3) is 0 Å². The third-order valence-electron chi connectivity index (χ3n) is 5.01. The van der Waals surface area contributed by atoms with Crippen LogP contribution in [-0.4, -0.2) is 24.5 Å². The lowest BCUT2D eigenvalue weighted by molar-refractivity contribution is 0.256. The quantitative estimate of drug-likeness (QED) is 0.842. The van der Waals surface area contributed by atoms with Gasteiger partial charge in [0.15, 0.2) is 0 Å². The Hall–Kier alpha value is -1.02. The summed E-state index contributed by atoms with van der Waals surface area (Å²) in [6.07, 6.45) is 6.86.